The number of rotatable bonds is 14. The van der Waals surface area contributed by atoms with E-state index in [0.29, 0.717) is 25.1 Å². The highest BCUT2D eigenvalue weighted by Crippen LogP contribution is 2.21. The largest absolute Gasteiger partial charge is 0.354 e. The van der Waals surface area contributed by atoms with Gasteiger partial charge in [0.2, 0.25) is 21.8 Å². The molecule has 0 fully saturated rings. The summed E-state index contributed by atoms with van der Waals surface area (Å²) in [6.45, 7) is 4.96. The molecule has 1 atom stereocenters. The molecule has 3 rings (SSSR count). The van der Waals surface area contributed by atoms with Gasteiger partial charge in [0.05, 0.1) is 11.9 Å². The number of carbonyl (C=O) groups is 2. The highest BCUT2D eigenvalue weighted by atomic mass is 79.9. The van der Waals surface area contributed by atoms with Crippen LogP contribution in [0.1, 0.15) is 37.8 Å². The predicted molar refractivity (Wildman–Crippen MR) is 164 cm³/mol. The molecule has 0 aliphatic heterocycles. The van der Waals surface area contributed by atoms with Gasteiger partial charge < -0.3 is 10.2 Å². The van der Waals surface area contributed by atoms with Crippen LogP contribution in [0.15, 0.2) is 89.4 Å². The third-order valence-corrected chi connectivity index (χ3v) is 8.08. The van der Waals surface area contributed by atoms with Gasteiger partial charge >= 0.3 is 0 Å². The average Bonchev–Trinajstić information content (AvgIpc) is 2.92. The number of nitrogens with one attached hydrogen (secondary N) is 1. The van der Waals surface area contributed by atoms with Gasteiger partial charge in [-0.1, -0.05) is 90.4 Å². The minimum absolute atomic E-state index is 0.0929. The molecule has 0 saturated carbocycles. The zero-order valence-electron chi connectivity index (χ0n) is 23.3. The lowest BCUT2D eigenvalue weighted by molar-refractivity contribution is -0.141. The summed E-state index contributed by atoms with van der Waals surface area (Å²) in [5.74, 6) is -0.152. The quantitative estimate of drug-likeness (QED) is 0.259. The van der Waals surface area contributed by atoms with E-state index >= 15 is 0 Å². The first kappa shape index (κ1) is 31.4. The van der Waals surface area contributed by atoms with Crippen LogP contribution >= 0.6 is 15.9 Å². The van der Waals surface area contributed by atoms with E-state index in [2.05, 4.69) is 21.2 Å². The van der Waals surface area contributed by atoms with Crippen molar-refractivity contribution >= 4 is 43.5 Å². The van der Waals surface area contributed by atoms with Gasteiger partial charge in [-0.15, -0.1) is 0 Å². The summed E-state index contributed by atoms with van der Waals surface area (Å²) in [6.07, 6.45) is 1.93. The third kappa shape index (κ3) is 9.78. The smallest absolute Gasteiger partial charge is 0.243 e. The minimum Gasteiger partial charge on any atom is -0.354 e. The minimum atomic E-state index is -3.54. The van der Waals surface area contributed by atoms with E-state index in [4.69, 9.17) is 0 Å². The number of hydrogen-bond donors (Lipinski definition) is 1. The SMILES string of the molecule is CC(C)CNC(=O)C(Cc1ccccc1)N(Cc1cccc(Br)c1)C(=O)CCCN(c1ccccc1)S(C)(=O)=O. The third-order valence-electron chi connectivity index (χ3n) is 6.39. The van der Waals surface area contributed by atoms with E-state index in [1.165, 1.54) is 4.31 Å². The molecule has 0 aromatic heterocycles. The molecule has 0 spiro atoms. The molecule has 3 aromatic rings. The second-order valence-corrected chi connectivity index (χ2v) is 13.1. The van der Waals surface area contributed by atoms with Crippen molar-refractivity contribution in [3.63, 3.8) is 0 Å². The number of hydrogen-bond acceptors (Lipinski definition) is 4. The van der Waals surface area contributed by atoms with Gasteiger partial charge in [-0.05, 0) is 47.7 Å². The molecule has 1 unspecified atom stereocenters. The Bertz CT molecular complexity index is 1350. The van der Waals surface area contributed by atoms with Crippen molar-refractivity contribution < 1.29 is 18.0 Å². The predicted octanol–water partition coefficient (Wildman–Crippen LogP) is 5.41. The van der Waals surface area contributed by atoms with Crippen LogP contribution in [0.25, 0.3) is 0 Å². The first-order valence-corrected chi connectivity index (χ1v) is 16.1. The summed E-state index contributed by atoms with van der Waals surface area (Å²) in [6, 6.07) is 25.5. The van der Waals surface area contributed by atoms with Crippen molar-refractivity contribution in [3.05, 3.63) is 101 Å². The monoisotopic (exact) mass is 627 g/mol. The van der Waals surface area contributed by atoms with Crippen molar-refractivity contribution in [2.75, 3.05) is 23.7 Å². The first-order valence-electron chi connectivity index (χ1n) is 13.4. The summed E-state index contributed by atoms with van der Waals surface area (Å²) in [4.78, 5) is 29.0. The van der Waals surface area contributed by atoms with Crippen LogP contribution in [0.2, 0.25) is 0 Å². The molecule has 1 N–H and O–H groups in total. The van der Waals surface area contributed by atoms with E-state index in [1.54, 1.807) is 29.2 Å². The Hall–Kier alpha value is -3.17. The van der Waals surface area contributed by atoms with Crippen LogP contribution in [0.5, 0.6) is 0 Å². The van der Waals surface area contributed by atoms with Gasteiger partial charge in [-0.3, -0.25) is 13.9 Å². The average molecular weight is 629 g/mol. The summed E-state index contributed by atoms with van der Waals surface area (Å²) >= 11 is 3.50. The second kappa shape index (κ2) is 15.0. The number of nitrogens with zero attached hydrogens (tertiary/aromatic N) is 2. The zero-order valence-corrected chi connectivity index (χ0v) is 25.7. The van der Waals surface area contributed by atoms with Crippen LogP contribution in [0.3, 0.4) is 0 Å². The van der Waals surface area contributed by atoms with Crippen molar-refractivity contribution in [1.29, 1.82) is 0 Å². The number of benzene rings is 3. The summed E-state index contributed by atoms with van der Waals surface area (Å²) in [7, 11) is -3.54. The normalized spacial score (nSPS) is 12.1. The molecule has 0 radical (unpaired) electrons. The zero-order chi connectivity index (χ0) is 29.1. The van der Waals surface area contributed by atoms with Gasteiger partial charge in [0.1, 0.15) is 6.04 Å². The number of anilines is 1. The number of para-hydroxylation sites is 1. The van der Waals surface area contributed by atoms with Crippen molar-refractivity contribution in [2.24, 2.45) is 5.92 Å². The molecule has 2 amide bonds. The summed E-state index contributed by atoms with van der Waals surface area (Å²) in [5, 5.41) is 3.02. The van der Waals surface area contributed by atoms with E-state index in [-0.39, 0.29) is 37.2 Å². The summed E-state index contributed by atoms with van der Waals surface area (Å²) in [5.41, 5.74) is 2.39. The topological polar surface area (TPSA) is 86.8 Å². The number of carbonyl (C=O) groups excluding carboxylic acids is 2. The molecule has 0 saturated heterocycles. The van der Waals surface area contributed by atoms with Gasteiger partial charge in [-0.25, -0.2) is 8.42 Å². The van der Waals surface area contributed by atoms with Crippen LogP contribution in [0.4, 0.5) is 5.69 Å². The fourth-order valence-electron chi connectivity index (χ4n) is 4.41. The van der Waals surface area contributed by atoms with Gasteiger partial charge in [0.15, 0.2) is 0 Å². The van der Waals surface area contributed by atoms with E-state index in [9.17, 15) is 18.0 Å². The number of amides is 2. The standard InChI is InChI=1S/C31H38BrN3O4S/c1-24(2)22-33-31(37)29(21-25-12-6-4-7-13-25)34(23-26-14-10-15-27(32)20-26)30(36)18-11-19-35(40(3,38)39)28-16-8-5-9-17-28/h4-10,12-17,20,24,29H,11,18-19,21-23H2,1-3H3,(H,33,37). The molecule has 9 heteroatoms. The molecule has 0 bridgehead atoms. The van der Waals surface area contributed by atoms with Crippen LogP contribution in [-0.4, -0.2) is 50.5 Å². The van der Waals surface area contributed by atoms with Crippen molar-refractivity contribution in [3.8, 4) is 0 Å². The molecule has 0 aliphatic carbocycles. The van der Waals surface area contributed by atoms with Crippen LogP contribution in [-0.2, 0) is 32.6 Å². The highest BCUT2D eigenvalue weighted by molar-refractivity contribution is 9.10. The Kier molecular flexibility index (Phi) is 11.8. The molecule has 0 heterocycles. The Labute approximate surface area is 246 Å². The van der Waals surface area contributed by atoms with E-state index in [1.807, 2.05) is 74.5 Å². The maximum absolute atomic E-state index is 13.8. The van der Waals surface area contributed by atoms with Gasteiger partial charge in [0.25, 0.3) is 0 Å². The van der Waals surface area contributed by atoms with Gasteiger partial charge in [-0.2, -0.15) is 0 Å². The lowest BCUT2D eigenvalue weighted by Gasteiger charge is -2.32. The molecule has 7 nitrogen and oxygen atoms in total. The molecule has 214 valence electrons. The van der Waals surface area contributed by atoms with E-state index < -0.39 is 16.1 Å². The molecule has 0 aliphatic rings. The Balaban J connectivity index is 1.87. The lowest BCUT2D eigenvalue weighted by Crippen LogP contribution is -2.51. The number of sulfonamides is 1. The Morgan fingerprint density at radius 1 is 0.900 bits per heavy atom. The van der Waals surface area contributed by atoms with E-state index in [0.717, 1.165) is 21.9 Å². The van der Waals surface area contributed by atoms with Crippen LogP contribution < -0.4 is 9.62 Å². The van der Waals surface area contributed by atoms with Gasteiger partial charge in [0, 0.05) is 36.9 Å². The highest BCUT2D eigenvalue weighted by Gasteiger charge is 2.30. The molecule has 40 heavy (non-hydrogen) atoms. The van der Waals surface area contributed by atoms with Crippen molar-refractivity contribution in [2.45, 2.75) is 45.7 Å². The Morgan fingerprint density at radius 2 is 1.52 bits per heavy atom. The molecule has 3 aromatic carbocycles. The first-order chi connectivity index (χ1) is 19.0. The maximum Gasteiger partial charge on any atom is 0.243 e. The molecular weight excluding hydrogens is 590 g/mol. The fourth-order valence-corrected chi connectivity index (χ4v) is 5.82. The molecular formula is C31H38BrN3O4S. The number of halogens is 1. The lowest BCUT2D eigenvalue weighted by atomic mass is 10.0. The Morgan fingerprint density at radius 3 is 2.12 bits per heavy atom. The van der Waals surface area contributed by atoms with Crippen LogP contribution in [0, 0.1) is 5.92 Å². The second-order valence-electron chi connectivity index (χ2n) is 10.3. The fraction of sp³-hybridized carbons (Fsp3) is 0.355. The summed E-state index contributed by atoms with van der Waals surface area (Å²) < 4.78 is 27.2. The maximum atomic E-state index is 13.8. The van der Waals surface area contributed by atoms with Crippen molar-refractivity contribution in [1.82, 2.24) is 10.2 Å².